The molecule has 3 aromatic carbocycles. The summed E-state index contributed by atoms with van der Waals surface area (Å²) in [5.74, 6) is -0.910. The molecule has 0 atom stereocenters. The standard InChI is InChI=1S/C28H29IN4O3/c1-4-33(5-2)24-13-11-20(12-14-24)16-25(31-27(35)21-9-7-6-8-10-21)28(36)32-30-18-22-17-23(29)15-19(3)26(22)34/h6-18,34H,4-5H2,1-3H3,(H,31,35)(H,32,36)/b25-16+,30-18+. The predicted octanol–water partition coefficient (Wildman–Crippen LogP) is 5.07. The number of aromatic hydroxyl groups is 1. The zero-order valence-corrected chi connectivity index (χ0v) is 22.6. The number of carbonyl (C=O) groups is 2. The van der Waals surface area contributed by atoms with Crippen molar-refractivity contribution >= 4 is 52.4 Å². The van der Waals surface area contributed by atoms with E-state index < -0.39 is 11.8 Å². The van der Waals surface area contributed by atoms with Crippen LogP contribution in [0.25, 0.3) is 6.08 Å². The van der Waals surface area contributed by atoms with Gasteiger partial charge < -0.3 is 15.3 Å². The fraction of sp³-hybridized carbons (Fsp3) is 0.179. The van der Waals surface area contributed by atoms with E-state index in [-0.39, 0.29) is 11.4 Å². The zero-order valence-electron chi connectivity index (χ0n) is 20.5. The SMILES string of the molecule is CCN(CC)c1ccc(/C=C(/NC(=O)c2ccccc2)C(=O)N/N=C/c2cc(I)cc(C)c2O)cc1. The van der Waals surface area contributed by atoms with Gasteiger partial charge in [-0.25, -0.2) is 5.43 Å². The molecule has 0 unspecified atom stereocenters. The lowest BCUT2D eigenvalue weighted by Crippen LogP contribution is -2.32. The smallest absolute Gasteiger partial charge is 0.287 e. The molecule has 0 radical (unpaired) electrons. The summed E-state index contributed by atoms with van der Waals surface area (Å²) in [6.45, 7) is 7.76. The van der Waals surface area contributed by atoms with Crippen molar-refractivity contribution < 1.29 is 14.7 Å². The molecule has 0 aliphatic carbocycles. The molecule has 0 saturated heterocycles. The van der Waals surface area contributed by atoms with Crippen LogP contribution in [0.1, 0.15) is 40.9 Å². The number of phenols is 1. The number of hydrogen-bond donors (Lipinski definition) is 3. The van der Waals surface area contributed by atoms with E-state index in [0.717, 1.165) is 27.9 Å². The highest BCUT2D eigenvalue weighted by atomic mass is 127. The summed E-state index contributed by atoms with van der Waals surface area (Å²) in [6.07, 6.45) is 2.97. The third-order valence-corrected chi connectivity index (χ3v) is 6.15. The number of rotatable bonds is 9. The molecule has 3 aromatic rings. The van der Waals surface area contributed by atoms with Crippen LogP contribution in [0.5, 0.6) is 5.75 Å². The van der Waals surface area contributed by atoms with Gasteiger partial charge in [0.15, 0.2) is 0 Å². The number of benzene rings is 3. The van der Waals surface area contributed by atoms with Gasteiger partial charge in [-0.05, 0) is 97.0 Å². The van der Waals surface area contributed by atoms with Crippen LogP contribution >= 0.6 is 22.6 Å². The molecule has 186 valence electrons. The van der Waals surface area contributed by atoms with E-state index in [2.05, 4.69) is 57.2 Å². The van der Waals surface area contributed by atoms with Crippen molar-refractivity contribution in [2.75, 3.05) is 18.0 Å². The summed E-state index contributed by atoms with van der Waals surface area (Å²) in [4.78, 5) is 28.0. The van der Waals surface area contributed by atoms with Gasteiger partial charge >= 0.3 is 0 Å². The largest absolute Gasteiger partial charge is 0.507 e. The Bertz CT molecular complexity index is 1270. The summed E-state index contributed by atoms with van der Waals surface area (Å²) in [6, 6.07) is 20.0. The first kappa shape index (κ1) is 26.9. The first-order chi connectivity index (χ1) is 17.3. The van der Waals surface area contributed by atoms with Gasteiger partial charge in [0.2, 0.25) is 0 Å². The van der Waals surface area contributed by atoms with Crippen molar-refractivity contribution in [1.82, 2.24) is 10.7 Å². The number of anilines is 1. The number of nitrogens with zero attached hydrogens (tertiary/aromatic N) is 2. The van der Waals surface area contributed by atoms with Crippen LogP contribution < -0.4 is 15.6 Å². The molecule has 8 heteroatoms. The van der Waals surface area contributed by atoms with Gasteiger partial charge in [0.25, 0.3) is 11.8 Å². The fourth-order valence-corrected chi connectivity index (χ4v) is 4.36. The number of phenolic OH excluding ortho intramolecular Hbond substituents is 1. The Labute approximate surface area is 225 Å². The van der Waals surface area contributed by atoms with Crippen molar-refractivity contribution in [3.05, 3.63) is 98.3 Å². The maximum Gasteiger partial charge on any atom is 0.287 e. The third kappa shape index (κ3) is 7.17. The molecule has 0 aliphatic heterocycles. The van der Waals surface area contributed by atoms with E-state index in [9.17, 15) is 14.7 Å². The Morgan fingerprint density at radius 3 is 2.33 bits per heavy atom. The number of aryl methyl sites for hydroxylation is 1. The molecule has 0 saturated carbocycles. The molecule has 0 heterocycles. The predicted molar refractivity (Wildman–Crippen MR) is 153 cm³/mol. The molecule has 0 aromatic heterocycles. The second kappa shape index (κ2) is 12.9. The Morgan fingerprint density at radius 1 is 1.03 bits per heavy atom. The Balaban J connectivity index is 1.85. The van der Waals surface area contributed by atoms with Gasteiger partial charge in [0.05, 0.1) is 6.21 Å². The molecule has 3 N–H and O–H groups in total. The maximum absolute atomic E-state index is 13.0. The number of hydrogen-bond acceptors (Lipinski definition) is 5. The van der Waals surface area contributed by atoms with Crippen LogP contribution in [0.4, 0.5) is 5.69 Å². The molecule has 0 fully saturated rings. The lowest BCUT2D eigenvalue weighted by Gasteiger charge is -2.21. The van der Waals surface area contributed by atoms with Crippen LogP contribution in [-0.2, 0) is 4.79 Å². The van der Waals surface area contributed by atoms with Gasteiger partial charge in [0.1, 0.15) is 11.4 Å². The minimum Gasteiger partial charge on any atom is -0.507 e. The lowest BCUT2D eigenvalue weighted by molar-refractivity contribution is -0.117. The van der Waals surface area contributed by atoms with E-state index in [0.29, 0.717) is 16.7 Å². The van der Waals surface area contributed by atoms with Gasteiger partial charge in [-0.15, -0.1) is 0 Å². The van der Waals surface area contributed by atoms with Crippen LogP contribution in [0.15, 0.2) is 77.5 Å². The molecule has 0 aliphatic rings. The quantitative estimate of drug-likeness (QED) is 0.139. The molecule has 7 nitrogen and oxygen atoms in total. The van der Waals surface area contributed by atoms with Gasteiger partial charge in [0, 0.05) is 33.5 Å². The monoisotopic (exact) mass is 596 g/mol. The summed E-state index contributed by atoms with van der Waals surface area (Å²) in [7, 11) is 0. The number of hydrazone groups is 1. The normalized spacial score (nSPS) is 11.4. The van der Waals surface area contributed by atoms with Crippen LogP contribution in [-0.4, -0.2) is 36.2 Å². The second-order valence-corrected chi connectivity index (χ2v) is 9.25. The van der Waals surface area contributed by atoms with E-state index in [1.807, 2.05) is 36.4 Å². The Kier molecular flexibility index (Phi) is 9.63. The molecule has 3 rings (SSSR count). The number of carbonyl (C=O) groups excluding carboxylic acids is 2. The van der Waals surface area contributed by atoms with Crippen molar-refractivity contribution in [2.24, 2.45) is 5.10 Å². The summed E-state index contributed by atoms with van der Waals surface area (Å²) >= 11 is 2.15. The second-order valence-electron chi connectivity index (χ2n) is 8.00. The summed E-state index contributed by atoms with van der Waals surface area (Å²) < 4.78 is 0.930. The fourth-order valence-electron chi connectivity index (χ4n) is 3.56. The first-order valence-electron chi connectivity index (χ1n) is 11.6. The van der Waals surface area contributed by atoms with Crippen molar-refractivity contribution in [3.63, 3.8) is 0 Å². The van der Waals surface area contributed by atoms with E-state index >= 15 is 0 Å². The van der Waals surface area contributed by atoms with E-state index in [1.54, 1.807) is 43.3 Å². The van der Waals surface area contributed by atoms with Gasteiger partial charge in [-0.3, -0.25) is 9.59 Å². The van der Waals surface area contributed by atoms with E-state index in [4.69, 9.17) is 0 Å². The highest BCUT2D eigenvalue weighted by molar-refractivity contribution is 14.1. The van der Waals surface area contributed by atoms with Crippen LogP contribution in [0.3, 0.4) is 0 Å². The third-order valence-electron chi connectivity index (χ3n) is 5.53. The minimum absolute atomic E-state index is 0.0413. The molecule has 0 bridgehead atoms. The van der Waals surface area contributed by atoms with Gasteiger partial charge in [-0.1, -0.05) is 30.3 Å². The molecular weight excluding hydrogens is 567 g/mol. The van der Waals surface area contributed by atoms with E-state index in [1.165, 1.54) is 6.21 Å². The number of amides is 2. The highest BCUT2D eigenvalue weighted by Crippen LogP contribution is 2.23. The van der Waals surface area contributed by atoms with Gasteiger partial charge in [-0.2, -0.15) is 5.10 Å². The van der Waals surface area contributed by atoms with Crippen molar-refractivity contribution in [2.45, 2.75) is 20.8 Å². The summed E-state index contributed by atoms with van der Waals surface area (Å²) in [5.41, 5.74) is 5.93. The molecule has 2 amide bonds. The Morgan fingerprint density at radius 2 is 1.69 bits per heavy atom. The first-order valence-corrected chi connectivity index (χ1v) is 12.7. The van der Waals surface area contributed by atoms with Crippen LogP contribution in [0, 0.1) is 10.5 Å². The lowest BCUT2D eigenvalue weighted by atomic mass is 10.1. The maximum atomic E-state index is 13.0. The molecular formula is C28H29IN4O3. The van der Waals surface area contributed by atoms with Crippen LogP contribution in [0.2, 0.25) is 0 Å². The molecule has 36 heavy (non-hydrogen) atoms. The number of halogens is 1. The number of nitrogens with one attached hydrogen (secondary N) is 2. The summed E-state index contributed by atoms with van der Waals surface area (Å²) in [5, 5.41) is 16.9. The highest BCUT2D eigenvalue weighted by Gasteiger charge is 2.15. The van der Waals surface area contributed by atoms with Crippen molar-refractivity contribution in [1.29, 1.82) is 0 Å². The topological polar surface area (TPSA) is 94.0 Å². The zero-order chi connectivity index (χ0) is 26.1. The minimum atomic E-state index is -0.592. The average molecular weight is 596 g/mol. The molecule has 0 spiro atoms. The average Bonchev–Trinajstić information content (AvgIpc) is 2.88. The Hall–Kier alpha value is -3.66. The van der Waals surface area contributed by atoms with Crippen molar-refractivity contribution in [3.8, 4) is 5.75 Å².